The Hall–Kier alpha value is -1.75. The number of benzene rings is 1. The molecule has 1 saturated carbocycles. The van der Waals surface area contributed by atoms with Gasteiger partial charge in [-0.15, -0.1) is 0 Å². The minimum Gasteiger partial charge on any atom is -0.496 e. The first-order valence-electron chi connectivity index (χ1n) is 5.78. The zero-order valence-electron chi connectivity index (χ0n) is 10.5. The van der Waals surface area contributed by atoms with Crippen molar-refractivity contribution < 1.29 is 19.4 Å². The lowest BCUT2D eigenvalue weighted by atomic mass is 9.93. The topological polar surface area (TPSA) is 81.8 Å². The van der Waals surface area contributed by atoms with Crippen molar-refractivity contribution in [1.29, 1.82) is 0 Å². The van der Waals surface area contributed by atoms with Gasteiger partial charge in [0.05, 0.1) is 14.2 Å². The van der Waals surface area contributed by atoms with Crippen LogP contribution >= 0.6 is 0 Å². The average molecular weight is 251 g/mol. The summed E-state index contributed by atoms with van der Waals surface area (Å²) in [4.78, 5) is 11.2. The van der Waals surface area contributed by atoms with E-state index >= 15 is 0 Å². The van der Waals surface area contributed by atoms with E-state index in [-0.39, 0.29) is 11.0 Å². The second-order valence-corrected chi connectivity index (χ2v) is 4.54. The second kappa shape index (κ2) is 4.49. The van der Waals surface area contributed by atoms with E-state index in [2.05, 4.69) is 0 Å². The number of carbonyl (C=O) groups is 1. The predicted molar refractivity (Wildman–Crippen MR) is 66.5 cm³/mol. The second-order valence-electron chi connectivity index (χ2n) is 4.54. The number of hydrogen-bond acceptors (Lipinski definition) is 4. The van der Waals surface area contributed by atoms with Gasteiger partial charge in [0.2, 0.25) is 0 Å². The lowest BCUT2D eigenvalue weighted by Gasteiger charge is -2.19. The van der Waals surface area contributed by atoms with Gasteiger partial charge in [-0.05, 0) is 18.9 Å². The Morgan fingerprint density at radius 1 is 1.33 bits per heavy atom. The molecule has 0 unspecified atom stereocenters. The van der Waals surface area contributed by atoms with Crippen molar-refractivity contribution in [2.24, 2.45) is 5.73 Å². The monoisotopic (exact) mass is 251 g/mol. The summed E-state index contributed by atoms with van der Waals surface area (Å²) in [6.45, 7) is 0.495. The zero-order chi connectivity index (χ0) is 13.3. The smallest absolute Gasteiger partial charge is 0.339 e. The van der Waals surface area contributed by atoms with E-state index in [0.717, 1.165) is 18.4 Å². The van der Waals surface area contributed by atoms with Gasteiger partial charge in [0.25, 0.3) is 0 Å². The highest BCUT2D eigenvalue weighted by Crippen LogP contribution is 2.51. The summed E-state index contributed by atoms with van der Waals surface area (Å²) in [5.74, 6) is -0.0701. The molecule has 1 aromatic carbocycles. The van der Waals surface area contributed by atoms with Crippen molar-refractivity contribution in [2.45, 2.75) is 18.3 Å². The van der Waals surface area contributed by atoms with Crippen LogP contribution in [0.25, 0.3) is 0 Å². The maximum Gasteiger partial charge on any atom is 0.339 e. The Morgan fingerprint density at radius 2 is 1.94 bits per heavy atom. The van der Waals surface area contributed by atoms with Crippen LogP contribution in [0.1, 0.15) is 28.8 Å². The molecule has 5 heteroatoms. The maximum atomic E-state index is 11.2. The molecule has 0 radical (unpaired) electrons. The Morgan fingerprint density at radius 3 is 2.33 bits per heavy atom. The summed E-state index contributed by atoms with van der Waals surface area (Å²) in [6, 6.07) is 3.24. The van der Waals surface area contributed by atoms with E-state index in [0.29, 0.717) is 18.0 Å². The molecule has 0 atom stereocenters. The number of rotatable bonds is 5. The van der Waals surface area contributed by atoms with Crippen LogP contribution in [0.4, 0.5) is 0 Å². The molecule has 2 rings (SSSR count). The molecule has 0 aromatic heterocycles. The molecule has 98 valence electrons. The van der Waals surface area contributed by atoms with Crippen LogP contribution in [0.5, 0.6) is 11.5 Å². The lowest BCUT2D eigenvalue weighted by Crippen LogP contribution is -2.21. The third-order valence-electron chi connectivity index (χ3n) is 3.57. The summed E-state index contributed by atoms with van der Waals surface area (Å²) in [5, 5.41) is 9.19. The highest BCUT2D eigenvalue weighted by Gasteiger charge is 2.45. The van der Waals surface area contributed by atoms with E-state index in [9.17, 15) is 9.90 Å². The lowest BCUT2D eigenvalue weighted by molar-refractivity contribution is 0.0693. The third kappa shape index (κ3) is 1.90. The molecule has 3 N–H and O–H groups in total. The summed E-state index contributed by atoms with van der Waals surface area (Å²) in [5.41, 5.74) is 6.68. The van der Waals surface area contributed by atoms with Gasteiger partial charge in [-0.3, -0.25) is 0 Å². The minimum atomic E-state index is -1.01. The third-order valence-corrected chi connectivity index (χ3v) is 3.57. The van der Waals surface area contributed by atoms with Crippen LogP contribution in [0.3, 0.4) is 0 Å². The molecule has 0 spiro atoms. The maximum absolute atomic E-state index is 11.2. The molecule has 1 fully saturated rings. The van der Waals surface area contributed by atoms with E-state index in [1.165, 1.54) is 7.11 Å². The van der Waals surface area contributed by atoms with Crippen LogP contribution in [0, 0.1) is 0 Å². The SMILES string of the molecule is COc1cc(OC)c(C2(CN)CC2)cc1C(=O)O. The van der Waals surface area contributed by atoms with Gasteiger partial charge in [0, 0.05) is 23.6 Å². The first-order chi connectivity index (χ1) is 8.57. The summed E-state index contributed by atoms with van der Waals surface area (Å²) >= 11 is 0. The number of hydrogen-bond donors (Lipinski definition) is 2. The van der Waals surface area contributed by atoms with Crippen LogP contribution in [-0.2, 0) is 5.41 Å². The molecule has 0 saturated heterocycles. The van der Waals surface area contributed by atoms with Crippen LogP contribution in [0.2, 0.25) is 0 Å². The van der Waals surface area contributed by atoms with Gasteiger partial charge in [0.1, 0.15) is 17.1 Å². The summed E-state index contributed by atoms with van der Waals surface area (Å²) in [7, 11) is 3.00. The van der Waals surface area contributed by atoms with E-state index in [1.807, 2.05) is 0 Å². The number of methoxy groups -OCH3 is 2. The Labute approximate surface area is 106 Å². The normalized spacial score (nSPS) is 16.2. The largest absolute Gasteiger partial charge is 0.496 e. The number of ether oxygens (including phenoxy) is 2. The van der Waals surface area contributed by atoms with Crippen molar-refractivity contribution in [3.8, 4) is 11.5 Å². The first-order valence-corrected chi connectivity index (χ1v) is 5.78. The Balaban J connectivity index is 2.58. The van der Waals surface area contributed by atoms with Crippen molar-refractivity contribution in [1.82, 2.24) is 0 Å². The van der Waals surface area contributed by atoms with Crippen LogP contribution in [-0.4, -0.2) is 31.8 Å². The molecule has 0 heterocycles. The van der Waals surface area contributed by atoms with Gasteiger partial charge in [-0.2, -0.15) is 0 Å². The molecule has 0 amide bonds. The molecular formula is C13H17NO4. The van der Waals surface area contributed by atoms with Crippen molar-refractivity contribution in [2.75, 3.05) is 20.8 Å². The van der Waals surface area contributed by atoms with Crippen molar-refractivity contribution in [3.05, 3.63) is 23.3 Å². The first kappa shape index (κ1) is 12.7. The predicted octanol–water partition coefficient (Wildman–Crippen LogP) is 1.39. The number of nitrogens with two attached hydrogens (primary N) is 1. The Kier molecular flexibility index (Phi) is 3.17. The highest BCUT2D eigenvalue weighted by atomic mass is 16.5. The van der Waals surface area contributed by atoms with Gasteiger partial charge >= 0.3 is 5.97 Å². The molecule has 0 bridgehead atoms. The molecule has 5 nitrogen and oxygen atoms in total. The van der Waals surface area contributed by atoms with Crippen molar-refractivity contribution >= 4 is 5.97 Å². The van der Waals surface area contributed by atoms with E-state index in [1.54, 1.807) is 19.2 Å². The van der Waals surface area contributed by atoms with Crippen molar-refractivity contribution in [3.63, 3.8) is 0 Å². The van der Waals surface area contributed by atoms with Gasteiger partial charge in [-0.25, -0.2) is 4.79 Å². The molecule has 0 aliphatic heterocycles. The zero-order valence-corrected chi connectivity index (χ0v) is 10.5. The van der Waals surface area contributed by atoms with Gasteiger partial charge in [0.15, 0.2) is 0 Å². The number of carboxylic acids is 1. The van der Waals surface area contributed by atoms with Crippen LogP contribution in [0.15, 0.2) is 12.1 Å². The number of aromatic carboxylic acids is 1. The number of carboxylic acid groups (broad SMARTS) is 1. The van der Waals surface area contributed by atoms with E-state index < -0.39 is 5.97 Å². The summed E-state index contributed by atoms with van der Waals surface area (Å²) < 4.78 is 10.4. The fourth-order valence-electron chi connectivity index (χ4n) is 2.21. The fourth-order valence-corrected chi connectivity index (χ4v) is 2.21. The average Bonchev–Trinajstić information content (AvgIpc) is 3.17. The molecule has 1 aliphatic rings. The molecule has 1 aliphatic carbocycles. The molecule has 18 heavy (non-hydrogen) atoms. The summed E-state index contributed by atoms with van der Waals surface area (Å²) in [6.07, 6.45) is 1.93. The van der Waals surface area contributed by atoms with Gasteiger partial charge in [-0.1, -0.05) is 0 Å². The quantitative estimate of drug-likeness (QED) is 0.826. The minimum absolute atomic E-state index is 0.123. The molecule has 1 aromatic rings. The molecular weight excluding hydrogens is 234 g/mol. The van der Waals surface area contributed by atoms with E-state index in [4.69, 9.17) is 15.2 Å². The fraction of sp³-hybridized carbons (Fsp3) is 0.462. The van der Waals surface area contributed by atoms with Crippen LogP contribution < -0.4 is 15.2 Å². The highest BCUT2D eigenvalue weighted by molar-refractivity contribution is 5.91. The standard InChI is InChI=1S/C13H17NO4/c1-17-10-6-11(18-2)9(5-8(10)12(15)16)13(7-14)3-4-13/h5-6H,3-4,7,14H2,1-2H3,(H,15,16). The van der Waals surface area contributed by atoms with Gasteiger partial charge < -0.3 is 20.3 Å². The Bertz CT molecular complexity index is 480.